The summed E-state index contributed by atoms with van der Waals surface area (Å²) in [6.07, 6.45) is 18.8. The number of hydrogen-bond acceptors (Lipinski definition) is 0. The highest BCUT2D eigenvalue weighted by molar-refractivity contribution is 5.13. The molecular formula is C16H22. The van der Waals surface area contributed by atoms with Crippen molar-refractivity contribution in [3.05, 3.63) is 37.0 Å². The first-order valence-corrected chi connectivity index (χ1v) is 6.84. The fourth-order valence-corrected chi connectivity index (χ4v) is 3.81. The predicted octanol–water partition coefficient (Wildman–Crippen LogP) is 4.36. The van der Waals surface area contributed by atoms with Crippen LogP contribution in [0.3, 0.4) is 0 Å². The molecule has 0 saturated heterocycles. The summed E-state index contributed by atoms with van der Waals surface area (Å²) in [6.45, 7) is 3.83. The van der Waals surface area contributed by atoms with Crippen LogP contribution in [0.5, 0.6) is 0 Å². The lowest BCUT2D eigenvalue weighted by molar-refractivity contribution is 0.551. The summed E-state index contributed by atoms with van der Waals surface area (Å²) in [5, 5.41) is 0. The molecule has 5 unspecified atom stereocenters. The van der Waals surface area contributed by atoms with Gasteiger partial charge >= 0.3 is 0 Å². The van der Waals surface area contributed by atoms with Crippen molar-refractivity contribution in [2.75, 3.05) is 0 Å². The molecule has 0 N–H and O–H groups in total. The zero-order valence-corrected chi connectivity index (χ0v) is 10.0. The molecule has 0 radical (unpaired) electrons. The molecule has 0 aliphatic heterocycles. The van der Waals surface area contributed by atoms with Gasteiger partial charge in [0.25, 0.3) is 0 Å². The van der Waals surface area contributed by atoms with E-state index in [0.717, 1.165) is 29.6 Å². The summed E-state index contributed by atoms with van der Waals surface area (Å²) >= 11 is 0. The van der Waals surface area contributed by atoms with Crippen LogP contribution in [0.4, 0.5) is 0 Å². The molecule has 0 nitrogen and oxygen atoms in total. The molecule has 0 aromatic rings. The van der Waals surface area contributed by atoms with Gasteiger partial charge in [-0.1, -0.05) is 30.4 Å². The van der Waals surface area contributed by atoms with E-state index >= 15 is 0 Å². The summed E-state index contributed by atoms with van der Waals surface area (Å²) in [4.78, 5) is 0. The summed E-state index contributed by atoms with van der Waals surface area (Å²) < 4.78 is 0. The second-order valence-corrected chi connectivity index (χ2v) is 5.90. The van der Waals surface area contributed by atoms with Crippen molar-refractivity contribution in [2.45, 2.75) is 32.1 Å². The van der Waals surface area contributed by atoms with Crippen molar-refractivity contribution in [1.29, 1.82) is 0 Å². The molecular weight excluding hydrogens is 192 g/mol. The van der Waals surface area contributed by atoms with Gasteiger partial charge in [0.05, 0.1) is 0 Å². The maximum atomic E-state index is 3.83. The van der Waals surface area contributed by atoms with Crippen molar-refractivity contribution in [2.24, 2.45) is 29.6 Å². The van der Waals surface area contributed by atoms with Crippen molar-refractivity contribution < 1.29 is 0 Å². The van der Waals surface area contributed by atoms with Crippen LogP contribution in [0.1, 0.15) is 32.1 Å². The van der Waals surface area contributed by atoms with E-state index in [1.807, 2.05) is 0 Å². The summed E-state index contributed by atoms with van der Waals surface area (Å²) in [5.74, 6) is 4.54. The molecule has 2 fully saturated rings. The third-order valence-corrected chi connectivity index (χ3v) is 4.80. The van der Waals surface area contributed by atoms with Gasteiger partial charge in [-0.15, -0.1) is 6.58 Å². The lowest BCUT2D eigenvalue weighted by atomic mass is 9.94. The summed E-state index contributed by atoms with van der Waals surface area (Å²) in [6, 6.07) is 0. The first-order chi connectivity index (χ1) is 7.85. The highest BCUT2D eigenvalue weighted by Gasteiger charge is 2.33. The van der Waals surface area contributed by atoms with E-state index in [9.17, 15) is 0 Å². The Morgan fingerprint density at radius 3 is 1.75 bits per heavy atom. The number of fused-ring (bicyclic) bond motifs is 4. The highest BCUT2D eigenvalue weighted by Crippen LogP contribution is 2.43. The minimum atomic E-state index is 0.806. The smallest absolute Gasteiger partial charge is 0.0165 e. The van der Waals surface area contributed by atoms with Gasteiger partial charge in [0.15, 0.2) is 0 Å². The van der Waals surface area contributed by atoms with Crippen LogP contribution in [-0.2, 0) is 0 Å². The standard InChI is InChI=1S/C9H12.C7H10/c1-2-8-5-7-3-4-9(8)6-7;1-2-7-4-3-6(1)5-7/h2-4,7-9H,1,5-6H2;1-2,6-7H,3-5H2. The molecule has 4 aliphatic rings. The van der Waals surface area contributed by atoms with Gasteiger partial charge in [-0.05, 0) is 61.7 Å². The quantitative estimate of drug-likeness (QED) is 0.569. The van der Waals surface area contributed by atoms with Gasteiger partial charge in [0.2, 0.25) is 0 Å². The van der Waals surface area contributed by atoms with E-state index in [0.29, 0.717) is 0 Å². The maximum Gasteiger partial charge on any atom is -0.0165 e. The van der Waals surface area contributed by atoms with Gasteiger partial charge in [0.1, 0.15) is 0 Å². The van der Waals surface area contributed by atoms with Crippen molar-refractivity contribution in [3.8, 4) is 0 Å². The zero-order valence-electron chi connectivity index (χ0n) is 10.0. The fourth-order valence-electron chi connectivity index (χ4n) is 3.81. The Morgan fingerprint density at radius 1 is 0.812 bits per heavy atom. The summed E-state index contributed by atoms with van der Waals surface area (Å²) in [5.41, 5.74) is 0. The molecule has 4 rings (SSSR count). The minimum Gasteiger partial charge on any atom is -0.103 e. The first kappa shape index (κ1) is 10.4. The highest BCUT2D eigenvalue weighted by atomic mass is 14.4. The van der Waals surface area contributed by atoms with Crippen LogP contribution in [0.25, 0.3) is 0 Å². The van der Waals surface area contributed by atoms with Crippen LogP contribution >= 0.6 is 0 Å². The molecule has 16 heavy (non-hydrogen) atoms. The first-order valence-electron chi connectivity index (χ1n) is 6.84. The normalized spacial score (nSPS) is 45.9. The van der Waals surface area contributed by atoms with E-state index in [4.69, 9.17) is 0 Å². The Hall–Kier alpha value is -0.780. The van der Waals surface area contributed by atoms with Crippen LogP contribution in [0, 0.1) is 29.6 Å². The number of hydrogen-bond donors (Lipinski definition) is 0. The Balaban J connectivity index is 0.000000104. The monoisotopic (exact) mass is 214 g/mol. The summed E-state index contributed by atoms with van der Waals surface area (Å²) in [7, 11) is 0. The van der Waals surface area contributed by atoms with Crippen molar-refractivity contribution >= 4 is 0 Å². The SMILES string of the molecule is C1=CC2CCC1C2.C=CC1CC2C=CC1C2. The van der Waals surface area contributed by atoms with Crippen LogP contribution < -0.4 is 0 Å². The van der Waals surface area contributed by atoms with Crippen molar-refractivity contribution in [1.82, 2.24) is 0 Å². The average molecular weight is 214 g/mol. The van der Waals surface area contributed by atoms with Gasteiger partial charge in [-0.25, -0.2) is 0 Å². The minimum absolute atomic E-state index is 0.806. The topological polar surface area (TPSA) is 0 Å². The molecule has 86 valence electrons. The number of allylic oxidation sites excluding steroid dienone is 5. The lowest BCUT2D eigenvalue weighted by Gasteiger charge is -2.11. The molecule has 2 saturated carbocycles. The van der Waals surface area contributed by atoms with Gasteiger partial charge in [-0.2, -0.15) is 0 Å². The van der Waals surface area contributed by atoms with E-state index in [2.05, 4.69) is 37.0 Å². The van der Waals surface area contributed by atoms with E-state index in [1.165, 1.54) is 32.1 Å². The molecule has 0 amide bonds. The molecule has 5 atom stereocenters. The third kappa shape index (κ3) is 1.90. The molecule has 0 spiro atoms. The third-order valence-electron chi connectivity index (χ3n) is 4.80. The van der Waals surface area contributed by atoms with Gasteiger partial charge in [-0.3, -0.25) is 0 Å². The second-order valence-electron chi connectivity index (χ2n) is 5.90. The lowest BCUT2D eigenvalue weighted by Crippen LogP contribution is -2.01. The van der Waals surface area contributed by atoms with E-state index in [-0.39, 0.29) is 0 Å². The molecule has 0 heterocycles. The Labute approximate surface area is 99.1 Å². The van der Waals surface area contributed by atoms with Crippen LogP contribution in [0.15, 0.2) is 37.0 Å². The molecule has 0 aromatic heterocycles. The number of rotatable bonds is 1. The molecule has 4 aliphatic carbocycles. The largest absolute Gasteiger partial charge is 0.103 e. The average Bonchev–Trinajstić information content (AvgIpc) is 3.09. The predicted molar refractivity (Wildman–Crippen MR) is 69.0 cm³/mol. The Kier molecular flexibility index (Phi) is 2.75. The maximum absolute atomic E-state index is 3.83. The van der Waals surface area contributed by atoms with Crippen LogP contribution in [-0.4, -0.2) is 0 Å². The zero-order chi connectivity index (χ0) is 11.0. The van der Waals surface area contributed by atoms with E-state index in [1.54, 1.807) is 0 Å². The Bertz CT molecular complexity index is 311. The second kappa shape index (κ2) is 4.24. The molecule has 4 bridgehead atoms. The van der Waals surface area contributed by atoms with Gasteiger partial charge < -0.3 is 0 Å². The Morgan fingerprint density at radius 2 is 1.50 bits per heavy atom. The molecule has 0 heteroatoms. The van der Waals surface area contributed by atoms with Gasteiger partial charge in [0, 0.05) is 0 Å². The van der Waals surface area contributed by atoms with E-state index < -0.39 is 0 Å². The van der Waals surface area contributed by atoms with Crippen LogP contribution in [0.2, 0.25) is 0 Å². The molecule has 0 aromatic carbocycles. The fraction of sp³-hybridized carbons (Fsp3) is 0.625. The van der Waals surface area contributed by atoms with Crippen molar-refractivity contribution in [3.63, 3.8) is 0 Å².